The van der Waals surface area contributed by atoms with E-state index in [0.29, 0.717) is 13.2 Å². The third kappa shape index (κ3) is 4.44. The molecule has 3 nitrogen and oxygen atoms in total. The second-order valence-corrected chi connectivity index (χ2v) is 6.55. The van der Waals surface area contributed by atoms with E-state index in [4.69, 9.17) is 4.74 Å². The van der Waals surface area contributed by atoms with E-state index in [1.54, 1.807) is 0 Å². The highest BCUT2D eigenvalue weighted by Crippen LogP contribution is 2.22. The van der Waals surface area contributed by atoms with Gasteiger partial charge in [-0.15, -0.1) is 0 Å². The van der Waals surface area contributed by atoms with E-state index in [0.717, 1.165) is 25.9 Å². The first-order valence-corrected chi connectivity index (χ1v) is 8.90. The minimum Gasteiger partial charge on any atom is -0.389 e. The second-order valence-electron chi connectivity index (χ2n) is 6.55. The summed E-state index contributed by atoms with van der Waals surface area (Å²) in [6, 6.07) is 18.8. The maximum Gasteiger partial charge on any atom is 0.0900 e. The fourth-order valence-electron chi connectivity index (χ4n) is 3.41. The number of aliphatic hydroxyl groups excluding tert-OH is 1. The molecule has 2 aromatic rings. The van der Waals surface area contributed by atoms with Crippen LogP contribution in [0.15, 0.2) is 54.6 Å². The normalized spacial score (nSPS) is 17.2. The zero-order chi connectivity index (χ0) is 16.8. The molecule has 0 amide bonds. The first-order valence-electron chi connectivity index (χ1n) is 8.90. The summed E-state index contributed by atoms with van der Waals surface area (Å²) >= 11 is 0. The molecule has 2 unspecified atom stereocenters. The van der Waals surface area contributed by atoms with Gasteiger partial charge in [-0.3, -0.25) is 4.90 Å². The van der Waals surface area contributed by atoms with Gasteiger partial charge < -0.3 is 9.84 Å². The summed E-state index contributed by atoms with van der Waals surface area (Å²) in [4.78, 5) is 2.32. The van der Waals surface area contributed by atoms with Gasteiger partial charge in [0.1, 0.15) is 0 Å². The van der Waals surface area contributed by atoms with E-state index in [1.807, 2.05) is 18.2 Å². The Labute approximate surface area is 144 Å². The largest absolute Gasteiger partial charge is 0.389 e. The summed E-state index contributed by atoms with van der Waals surface area (Å²) in [6.07, 6.45) is 1.58. The van der Waals surface area contributed by atoms with Crippen LogP contribution in [0, 0.1) is 0 Å². The standard InChI is InChI=1S/C21H27NO2/c1-2-21(18-9-4-3-5-10-18)24-16-20(23)15-22-13-12-17-8-6-7-11-19(17)14-22/h3-11,20-21,23H,2,12-16H2,1H3. The van der Waals surface area contributed by atoms with Crippen LogP contribution in [0.5, 0.6) is 0 Å². The average Bonchev–Trinajstić information content (AvgIpc) is 2.63. The molecule has 0 saturated carbocycles. The Kier molecular flexibility index (Phi) is 6.02. The van der Waals surface area contributed by atoms with Crippen molar-refractivity contribution in [2.24, 2.45) is 0 Å². The topological polar surface area (TPSA) is 32.7 Å². The highest BCUT2D eigenvalue weighted by Gasteiger charge is 2.19. The molecule has 24 heavy (non-hydrogen) atoms. The Morgan fingerprint density at radius 3 is 2.50 bits per heavy atom. The Morgan fingerprint density at radius 2 is 1.75 bits per heavy atom. The molecule has 0 aromatic heterocycles. The van der Waals surface area contributed by atoms with Crippen LogP contribution in [-0.2, 0) is 17.7 Å². The molecule has 0 saturated heterocycles. The molecular weight excluding hydrogens is 298 g/mol. The van der Waals surface area contributed by atoms with Crippen molar-refractivity contribution in [3.05, 3.63) is 71.3 Å². The smallest absolute Gasteiger partial charge is 0.0900 e. The lowest BCUT2D eigenvalue weighted by Crippen LogP contribution is -2.38. The zero-order valence-electron chi connectivity index (χ0n) is 14.4. The van der Waals surface area contributed by atoms with E-state index in [-0.39, 0.29) is 6.10 Å². The summed E-state index contributed by atoms with van der Waals surface area (Å²) in [5.74, 6) is 0. The van der Waals surface area contributed by atoms with Crippen molar-refractivity contribution in [2.45, 2.75) is 38.5 Å². The molecule has 0 aliphatic carbocycles. The van der Waals surface area contributed by atoms with Crippen LogP contribution < -0.4 is 0 Å². The maximum atomic E-state index is 10.4. The highest BCUT2D eigenvalue weighted by atomic mass is 16.5. The van der Waals surface area contributed by atoms with Gasteiger partial charge in [-0.1, -0.05) is 61.5 Å². The van der Waals surface area contributed by atoms with Crippen LogP contribution in [0.1, 0.15) is 36.1 Å². The van der Waals surface area contributed by atoms with Crippen molar-refractivity contribution in [3.63, 3.8) is 0 Å². The molecule has 3 heteroatoms. The molecule has 0 radical (unpaired) electrons. The number of β-amino-alcohol motifs (C(OH)–C–C–N with tert-alkyl or cyclic N) is 1. The molecule has 1 N–H and O–H groups in total. The lowest BCUT2D eigenvalue weighted by Gasteiger charge is -2.30. The number of nitrogens with zero attached hydrogens (tertiary/aromatic N) is 1. The first kappa shape index (κ1) is 17.2. The second kappa shape index (κ2) is 8.43. The molecule has 2 atom stereocenters. The molecule has 0 fully saturated rings. The summed E-state index contributed by atoms with van der Waals surface area (Å²) in [5, 5.41) is 10.4. The summed E-state index contributed by atoms with van der Waals surface area (Å²) in [6.45, 7) is 5.09. The van der Waals surface area contributed by atoms with E-state index < -0.39 is 6.10 Å². The third-order valence-corrected chi connectivity index (χ3v) is 4.71. The molecular formula is C21H27NO2. The van der Waals surface area contributed by atoms with E-state index >= 15 is 0 Å². The molecule has 1 aliphatic rings. The lowest BCUT2D eigenvalue weighted by atomic mass is 10.00. The van der Waals surface area contributed by atoms with Gasteiger partial charge in [0, 0.05) is 19.6 Å². The number of hydrogen-bond donors (Lipinski definition) is 1. The number of rotatable bonds is 7. The highest BCUT2D eigenvalue weighted by molar-refractivity contribution is 5.29. The van der Waals surface area contributed by atoms with Crippen LogP contribution in [0.3, 0.4) is 0 Å². The number of aliphatic hydroxyl groups is 1. The fourth-order valence-corrected chi connectivity index (χ4v) is 3.41. The molecule has 128 valence electrons. The van der Waals surface area contributed by atoms with Gasteiger partial charge >= 0.3 is 0 Å². The maximum absolute atomic E-state index is 10.4. The first-order chi connectivity index (χ1) is 11.8. The van der Waals surface area contributed by atoms with Crippen LogP contribution >= 0.6 is 0 Å². The van der Waals surface area contributed by atoms with E-state index in [9.17, 15) is 5.11 Å². The number of ether oxygens (including phenoxy) is 1. The van der Waals surface area contributed by atoms with Crippen LogP contribution in [-0.4, -0.2) is 35.8 Å². The molecule has 1 heterocycles. The fraction of sp³-hybridized carbons (Fsp3) is 0.429. The lowest BCUT2D eigenvalue weighted by molar-refractivity contribution is -0.0249. The van der Waals surface area contributed by atoms with Crippen molar-refractivity contribution in [1.82, 2.24) is 4.90 Å². The van der Waals surface area contributed by atoms with Crippen molar-refractivity contribution < 1.29 is 9.84 Å². The summed E-state index contributed by atoms with van der Waals surface area (Å²) < 4.78 is 5.97. The minimum absolute atomic E-state index is 0.0583. The Hall–Kier alpha value is -1.68. The summed E-state index contributed by atoms with van der Waals surface area (Å²) in [7, 11) is 0. The van der Waals surface area contributed by atoms with Crippen molar-refractivity contribution >= 4 is 0 Å². The monoisotopic (exact) mass is 325 g/mol. The number of hydrogen-bond acceptors (Lipinski definition) is 3. The SMILES string of the molecule is CCC(OCC(O)CN1CCc2ccccc2C1)c1ccccc1. The van der Waals surface area contributed by atoms with Gasteiger partial charge in [0.2, 0.25) is 0 Å². The zero-order valence-corrected chi connectivity index (χ0v) is 14.4. The number of benzene rings is 2. The molecule has 1 aliphatic heterocycles. The predicted octanol–water partition coefficient (Wildman–Crippen LogP) is 3.57. The van der Waals surface area contributed by atoms with Crippen LogP contribution in [0.2, 0.25) is 0 Å². The predicted molar refractivity (Wildman–Crippen MR) is 96.9 cm³/mol. The molecule has 0 bridgehead atoms. The van der Waals surface area contributed by atoms with Crippen molar-refractivity contribution in [3.8, 4) is 0 Å². The average molecular weight is 325 g/mol. The molecule has 0 spiro atoms. The van der Waals surface area contributed by atoms with E-state index in [1.165, 1.54) is 16.7 Å². The van der Waals surface area contributed by atoms with Gasteiger partial charge in [-0.2, -0.15) is 0 Å². The minimum atomic E-state index is -0.451. The van der Waals surface area contributed by atoms with Crippen LogP contribution in [0.25, 0.3) is 0 Å². The van der Waals surface area contributed by atoms with Gasteiger partial charge in [0.05, 0.1) is 18.8 Å². The van der Waals surface area contributed by atoms with Gasteiger partial charge in [0.15, 0.2) is 0 Å². The van der Waals surface area contributed by atoms with Crippen molar-refractivity contribution in [1.29, 1.82) is 0 Å². The quantitative estimate of drug-likeness (QED) is 0.845. The van der Waals surface area contributed by atoms with Gasteiger partial charge in [0.25, 0.3) is 0 Å². The summed E-state index contributed by atoms with van der Waals surface area (Å²) in [5.41, 5.74) is 4.00. The van der Waals surface area contributed by atoms with Gasteiger partial charge in [-0.25, -0.2) is 0 Å². The third-order valence-electron chi connectivity index (χ3n) is 4.71. The van der Waals surface area contributed by atoms with Gasteiger partial charge in [-0.05, 0) is 29.5 Å². The Bertz CT molecular complexity index is 629. The number of fused-ring (bicyclic) bond motifs is 1. The Balaban J connectivity index is 1.48. The Morgan fingerprint density at radius 1 is 1.04 bits per heavy atom. The molecule has 3 rings (SSSR count). The van der Waals surface area contributed by atoms with Crippen molar-refractivity contribution in [2.75, 3.05) is 19.7 Å². The van der Waals surface area contributed by atoms with Crippen LogP contribution in [0.4, 0.5) is 0 Å². The molecule has 2 aromatic carbocycles. The van der Waals surface area contributed by atoms with E-state index in [2.05, 4.69) is 48.2 Å².